The van der Waals surface area contributed by atoms with Crippen LogP contribution in [0.2, 0.25) is 10.0 Å². The Kier molecular flexibility index (Phi) is 8.14. The van der Waals surface area contributed by atoms with Crippen molar-refractivity contribution in [2.45, 2.75) is 10.9 Å². The van der Waals surface area contributed by atoms with Crippen LogP contribution in [0, 0.1) is 11.3 Å². The van der Waals surface area contributed by atoms with Gasteiger partial charge in [-0.3, -0.25) is 0 Å². The molecule has 1 fully saturated rings. The van der Waals surface area contributed by atoms with Gasteiger partial charge in [0, 0.05) is 36.2 Å². The highest BCUT2D eigenvalue weighted by Crippen LogP contribution is 2.35. The first kappa shape index (κ1) is 26.0. The van der Waals surface area contributed by atoms with E-state index in [0.717, 1.165) is 6.26 Å². The highest BCUT2D eigenvalue weighted by Gasteiger charge is 2.36. The minimum atomic E-state index is -4.15. The zero-order valence-corrected chi connectivity index (χ0v) is 21.1. The molecule has 0 amide bonds. The Morgan fingerprint density at radius 1 is 1.12 bits per heavy atom. The molecule has 14 heteroatoms. The summed E-state index contributed by atoms with van der Waals surface area (Å²) in [6, 6.07) is 9.77. The molecule has 0 radical (unpaired) electrons. The van der Waals surface area contributed by atoms with E-state index < -0.39 is 26.1 Å². The van der Waals surface area contributed by atoms with Crippen LogP contribution in [-0.4, -0.2) is 64.0 Å². The van der Waals surface area contributed by atoms with Crippen LogP contribution in [0.25, 0.3) is 0 Å². The molecular weight excluding hydrogens is 535 g/mol. The first-order valence-electron chi connectivity index (χ1n) is 9.44. The predicted molar refractivity (Wildman–Crippen MR) is 126 cm³/mol. The maximum Gasteiger partial charge on any atom is 0.246 e. The normalized spacial score (nSPS) is 18.1. The summed E-state index contributed by atoms with van der Waals surface area (Å²) in [5.74, 6) is 0.195. The number of nitriles is 1. The lowest BCUT2D eigenvalue weighted by molar-refractivity contribution is 0.207. The van der Waals surface area contributed by atoms with Crippen molar-refractivity contribution in [3.63, 3.8) is 0 Å². The topological polar surface area (TPSA) is 120 Å². The summed E-state index contributed by atoms with van der Waals surface area (Å²) in [7, 11) is -7.64. The summed E-state index contributed by atoms with van der Waals surface area (Å²) in [6.45, 7) is 0.0693. The van der Waals surface area contributed by atoms with Crippen LogP contribution in [0.3, 0.4) is 0 Å². The molecule has 1 aliphatic rings. The number of benzene rings is 2. The fourth-order valence-electron chi connectivity index (χ4n) is 3.15. The molecule has 0 aromatic heterocycles. The number of nitrogens with zero attached hydrogens (tertiary/aromatic N) is 3. The lowest BCUT2D eigenvalue weighted by Gasteiger charge is -2.37. The van der Waals surface area contributed by atoms with Crippen LogP contribution in [0.5, 0.6) is 11.5 Å². The van der Waals surface area contributed by atoms with Crippen molar-refractivity contribution in [3.05, 3.63) is 52.0 Å². The van der Waals surface area contributed by atoms with Gasteiger partial charge in [-0.1, -0.05) is 23.2 Å². The number of rotatable bonds is 7. The number of sulfonamides is 2. The van der Waals surface area contributed by atoms with Crippen LogP contribution in [0.15, 0.2) is 41.3 Å². The van der Waals surface area contributed by atoms with Gasteiger partial charge >= 0.3 is 0 Å². The van der Waals surface area contributed by atoms with Gasteiger partial charge in [0.25, 0.3) is 0 Å². The predicted octanol–water partition coefficient (Wildman–Crippen LogP) is 3.04. The summed E-state index contributed by atoms with van der Waals surface area (Å²) in [4.78, 5) is -0.226. The first-order chi connectivity index (χ1) is 15.4. The molecule has 178 valence electrons. The number of halogens is 3. The van der Waals surface area contributed by atoms with Crippen molar-refractivity contribution < 1.29 is 21.6 Å². The first-order valence-corrected chi connectivity index (χ1v) is 13.9. The summed E-state index contributed by atoms with van der Waals surface area (Å²) in [6.07, 6.45) is 1.00. The average molecular weight is 554 g/mol. The maximum atomic E-state index is 13.5. The van der Waals surface area contributed by atoms with Gasteiger partial charge in [0.15, 0.2) is 0 Å². The van der Waals surface area contributed by atoms with Crippen molar-refractivity contribution >= 4 is 55.0 Å². The molecule has 1 saturated heterocycles. The van der Waals surface area contributed by atoms with Gasteiger partial charge in [0.2, 0.25) is 20.0 Å². The Labute approximate surface area is 207 Å². The second-order valence-electron chi connectivity index (χ2n) is 7.24. The largest absolute Gasteiger partial charge is 0.456 e. The summed E-state index contributed by atoms with van der Waals surface area (Å²) < 4.78 is 60.6. The van der Waals surface area contributed by atoms with E-state index in [-0.39, 0.29) is 48.1 Å². The van der Waals surface area contributed by atoms with Crippen LogP contribution >= 0.6 is 35.0 Å². The molecule has 9 nitrogen and oxygen atoms in total. The van der Waals surface area contributed by atoms with E-state index in [1.54, 1.807) is 0 Å². The monoisotopic (exact) mass is 552 g/mol. The standard InChI is InChI=1S/C19H19Cl3N4O5S2/c1-32(27,28)24-11-16-12-25(4-5-26(16)22)33(29,30)19-6-13(10-23)2-3-18(19)31-17-8-14(20)7-15(21)9-17/h2-3,6-9,16,24H,4-5,11-12H2,1H3. The molecule has 0 saturated carbocycles. The molecule has 3 rings (SSSR count). The molecule has 33 heavy (non-hydrogen) atoms. The molecule has 1 unspecified atom stereocenters. The third-order valence-electron chi connectivity index (χ3n) is 4.71. The molecule has 0 spiro atoms. The van der Waals surface area contributed by atoms with Crippen molar-refractivity contribution in [3.8, 4) is 17.6 Å². The van der Waals surface area contributed by atoms with Crippen molar-refractivity contribution in [2.24, 2.45) is 0 Å². The Balaban J connectivity index is 1.95. The third kappa shape index (κ3) is 6.71. The van der Waals surface area contributed by atoms with Crippen LogP contribution in [-0.2, 0) is 20.0 Å². The van der Waals surface area contributed by atoms with Crippen molar-refractivity contribution in [1.82, 2.24) is 13.4 Å². The van der Waals surface area contributed by atoms with Gasteiger partial charge < -0.3 is 4.74 Å². The smallest absolute Gasteiger partial charge is 0.246 e. The second-order valence-corrected chi connectivity index (χ2v) is 12.3. The lowest BCUT2D eigenvalue weighted by Crippen LogP contribution is -2.55. The summed E-state index contributed by atoms with van der Waals surface area (Å²) in [5, 5.41) is 9.89. The molecule has 1 atom stereocenters. The van der Waals surface area contributed by atoms with Gasteiger partial charge in [-0.05, 0) is 48.2 Å². The van der Waals surface area contributed by atoms with E-state index in [2.05, 4.69) is 4.72 Å². The maximum absolute atomic E-state index is 13.5. The van der Waals surface area contributed by atoms with Crippen LogP contribution in [0.1, 0.15) is 5.56 Å². The van der Waals surface area contributed by atoms with Gasteiger partial charge in [0.05, 0.1) is 23.9 Å². The fraction of sp³-hybridized carbons (Fsp3) is 0.316. The van der Waals surface area contributed by atoms with Gasteiger partial charge in [-0.25, -0.2) is 26.0 Å². The van der Waals surface area contributed by atoms with Crippen LogP contribution in [0.4, 0.5) is 0 Å². The van der Waals surface area contributed by atoms with E-state index in [1.165, 1.54) is 45.1 Å². The van der Waals surface area contributed by atoms with E-state index in [9.17, 15) is 22.1 Å². The van der Waals surface area contributed by atoms with E-state index in [1.807, 2.05) is 6.07 Å². The molecule has 1 N–H and O–H groups in total. The zero-order chi connectivity index (χ0) is 24.4. The lowest BCUT2D eigenvalue weighted by atomic mass is 10.2. The van der Waals surface area contributed by atoms with Gasteiger partial charge in [0.1, 0.15) is 16.4 Å². The van der Waals surface area contributed by atoms with E-state index in [0.29, 0.717) is 10.0 Å². The average Bonchev–Trinajstić information content (AvgIpc) is 2.72. The highest BCUT2D eigenvalue weighted by atomic mass is 35.5. The van der Waals surface area contributed by atoms with Crippen molar-refractivity contribution in [2.75, 3.05) is 32.4 Å². The third-order valence-corrected chi connectivity index (χ3v) is 8.17. The van der Waals surface area contributed by atoms with Crippen molar-refractivity contribution in [1.29, 1.82) is 5.26 Å². The molecule has 1 heterocycles. The van der Waals surface area contributed by atoms with Gasteiger partial charge in [-0.2, -0.15) is 9.57 Å². The number of hydrogen-bond acceptors (Lipinski definition) is 7. The molecule has 2 aromatic carbocycles. The summed E-state index contributed by atoms with van der Waals surface area (Å²) in [5.41, 5.74) is 0.122. The highest BCUT2D eigenvalue weighted by molar-refractivity contribution is 7.89. The molecule has 0 aliphatic carbocycles. The minimum absolute atomic E-state index is 0.0218. The van der Waals surface area contributed by atoms with E-state index in [4.69, 9.17) is 39.7 Å². The number of piperazine rings is 1. The molecule has 2 aromatic rings. The Hall–Kier alpha value is -1.62. The number of hydrogen-bond donors (Lipinski definition) is 1. The minimum Gasteiger partial charge on any atom is -0.456 e. The Morgan fingerprint density at radius 3 is 2.39 bits per heavy atom. The number of nitrogens with one attached hydrogen (secondary N) is 1. The molecule has 0 bridgehead atoms. The molecule has 1 aliphatic heterocycles. The Bertz CT molecular complexity index is 1280. The quantitative estimate of drug-likeness (QED) is 0.523. The fourth-order valence-corrected chi connectivity index (χ4v) is 5.97. The SMILES string of the molecule is CS(=O)(=O)NCC1CN(S(=O)(=O)c2cc(C#N)ccc2Oc2cc(Cl)cc(Cl)c2)CCN1Cl. The summed E-state index contributed by atoms with van der Waals surface area (Å²) >= 11 is 18.2. The van der Waals surface area contributed by atoms with Crippen LogP contribution < -0.4 is 9.46 Å². The molecular formula is C19H19Cl3N4O5S2. The van der Waals surface area contributed by atoms with E-state index >= 15 is 0 Å². The second kappa shape index (κ2) is 10.3. The number of ether oxygens (including phenoxy) is 1. The Morgan fingerprint density at radius 2 is 1.79 bits per heavy atom. The van der Waals surface area contributed by atoms with Gasteiger partial charge in [-0.15, -0.1) is 0 Å². The zero-order valence-electron chi connectivity index (χ0n) is 17.2.